The van der Waals surface area contributed by atoms with Crippen molar-refractivity contribution in [2.24, 2.45) is 11.1 Å². The molecule has 28 heavy (non-hydrogen) atoms. The van der Waals surface area contributed by atoms with Crippen LogP contribution in [0.1, 0.15) is 35.1 Å². The van der Waals surface area contributed by atoms with E-state index in [1.807, 2.05) is 13.0 Å². The number of nitrogens with one attached hydrogen (secondary N) is 1. The number of nitrogens with zero attached hydrogens (tertiary/aromatic N) is 1. The van der Waals surface area contributed by atoms with Gasteiger partial charge in [-0.2, -0.15) is 0 Å². The van der Waals surface area contributed by atoms with Gasteiger partial charge in [-0.25, -0.2) is 0 Å². The Hall–Kier alpha value is -1.41. The SMILES string of the molecule is CCOC(=O)[C@@H]1CCC[NH+](CCO/N=C(/c2cccs2)c2sccc2C)C1.[Cl-]. The highest BCUT2D eigenvalue weighted by Gasteiger charge is 2.29. The molecule has 1 fully saturated rings. The summed E-state index contributed by atoms with van der Waals surface area (Å²) in [6, 6.07) is 6.22. The molecule has 8 heteroatoms. The second-order valence-corrected chi connectivity index (χ2v) is 8.59. The second kappa shape index (κ2) is 11.6. The maximum atomic E-state index is 12.0. The summed E-state index contributed by atoms with van der Waals surface area (Å²) in [5.41, 5.74) is 2.13. The third-order valence-corrected chi connectivity index (χ3v) is 6.67. The molecule has 0 radical (unpaired) electrons. The molecule has 0 spiro atoms. The van der Waals surface area contributed by atoms with Gasteiger partial charge in [0.05, 0.1) is 29.5 Å². The number of halogens is 1. The maximum Gasteiger partial charge on any atom is 0.314 e. The predicted molar refractivity (Wildman–Crippen MR) is 110 cm³/mol. The van der Waals surface area contributed by atoms with Crippen LogP contribution in [0.25, 0.3) is 0 Å². The monoisotopic (exact) mass is 442 g/mol. The number of hydrogen-bond acceptors (Lipinski definition) is 6. The second-order valence-electron chi connectivity index (χ2n) is 6.73. The van der Waals surface area contributed by atoms with E-state index in [1.165, 1.54) is 10.5 Å². The predicted octanol–water partition coefficient (Wildman–Crippen LogP) is -0.251. The van der Waals surface area contributed by atoms with E-state index >= 15 is 0 Å². The zero-order chi connectivity index (χ0) is 19.1. The van der Waals surface area contributed by atoms with E-state index in [0.29, 0.717) is 13.2 Å². The van der Waals surface area contributed by atoms with Crippen LogP contribution >= 0.6 is 22.7 Å². The summed E-state index contributed by atoms with van der Waals surface area (Å²) in [4.78, 5) is 21.3. The van der Waals surface area contributed by atoms with Gasteiger partial charge < -0.3 is 26.9 Å². The molecule has 0 aliphatic carbocycles. The third kappa shape index (κ3) is 6.04. The molecule has 1 saturated heterocycles. The van der Waals surface area contributed by atoms with Crippen LogP contribution in [0.3, 0.4) is 0 Å². The van der Waals surface area contributed by atoms with E-state index in [4.69, 9.17) is 9.57 Å². The Morgan fingerprint density at radius 1 is 1.32 bits per heavy atom. The summed E-state index contributed by atoms with van der Waals surface area (Å²) in [5.74, 6) is -0.0329. The Balaban J connectivity index is 0.00000280. The minimum Gasteiger partial charge on any atom is -1.00 e. The first-order valence-electron chi connectivity index (χ1n) is 9.47. The molecule has 1 aliphatic heterocycles. The summed E-state index contributed by atoms with van der Waals surface area (Å²) in [5, 5.41) is 8.61. The van der Waals surface area contributed by atoms with Crippen molar-refractivity contribution in [2.45, 2.75) is 26.7 Å². The number of ether oxygens (including phenoxy) is 1. The van der Waals surface area contributed by atoms with Crippen molar-refractivity contribution in [3.63, 3.8) is 0 Å². The van der Waals surface area contributed by atoms with Gasteiger partial charge in [-0.05, 0) is 55.1 Å². The van der Waals surface area contributed by atoms with Gasteiger partial charge in [-0.1, -0.05) is 11.2 Å². The summed E-state index contributed by atoms with van der Waals surface area (Å²) in [6.45, 7) is 7.71. The lowest BCUT2D eigenvalue weighted by Crippen LogP contribution is -3.14. The first-order chi connectivity index (χ1) is 13.2. The van der Waals surface area contributed by atoms with Crippen LogP contribution in [-0.2, 0) is 14.4 Å². The molecule has 1 aliphatic rings. The van der Waals surface area contributed by atoms with E-state index < -0.39 is 0 Å². The van der Waals surface area contributed by atoms with Gasteiger partial charge in [-0.15, -0.1) is 22.7 Å². The molecule has 1 N–H and O–H groups in total. The van der Waals surface area contributed by atoms with Crippen LogP contribution < -0.4 is 17.3 Å². The molecule has 1 unspecified atom stereocenters. The number of aryl methyl sites for hydroxylation is 1. The summed E-state index contributed by atoms with van der Waals surface area (Å²) >= 11 is 3.36. The molecule has 0 amide bonds. The van der Waals surface area contributed by atoms with Crippen LogP contribution in [0.15, 0.2) is 34.1 Å². The van der Waals surface area contributed by atoms with Gasteiger partial charge in [0.15, 0.2) is 6.61 Å². The normalized spacial score (nSPS) is 19.7. The average Bonchev–Trinajstić information content (AvgIpc) is 3.35. The van der Waals surface area contributed by atoms with E-state index in [0.717, 1.165) is 47.9 Å². The van der Waals surface area contributed by atoms with Crippen molar-refractivity contribution >= 4 is 34.4 Å². The fourth-order valence-electron chi connectivity index (χ4n) is 3.37. The molecule has 2 aromatic heterocycles. The number of rotatable bonds is 8. The van der Waals surface area contributed by atoms with Gasteiger partial charge in [0.25, 0.3) is 0 Å². The van der Waals surface area contributed by atoms with E-state index in [1.54, 1.807) is 22.7 Å². The lowest BCUT2D eigenvalue weighted by Gasteiger charge is -2.28. The van der Waals surface area contributed by atoms with Crippen molar-refractivity contribution < 1.29 is 31.7 Å². The number of hydrogen-bond donors (Lipinski definition) is 1. The minimum absolute atomic E-state index is 0. The quantitative estimate of drug-likeness (QED) is 0.265. The number of carbonyl (C=O) groups is 1. The van der Waals surface area contributed by atoms with Crippen molar-refractivity contribution in [3.05, 3.63) is 44.3 Å². The Bertz CT molecular complexity index is 761. The molecule has 2 atom stereocenters. The van der Waals surface area contributed by atoms with Crippen molar-refractivity contribution in [1.82, 2.24) is 0 Å². The molecule has 154 valence electrons. The molecule has 5 nitrogen and oxygen atoms in total. The smallest absolute Gasteiger partial charge is 0.314 e. The fourth-order valence-corrected chi connectivity index (χ4v) is 5.06. The summed E-state index contributed by atoms with van der Waals surface area (Å²) in [7, 11) is 0. The number of thiophene rings is 2. The van der Waals surface area contributed by atoms with Crippen molar-refractivity contribution in [3.8, 4) is 0 Å². The summed E-state index contributed by atoms with van der Waals surface area (Å²) < 4.78 is 5.18. The maximum absolute atomic E-state index is 12.0. The van der Waals surface area contributed by atoms with Crippen molar-refractivity contribution in [2.75, 3.05) is 32.8 Å². The average molecular weight is 443 g/mol. The van der Waals surface area contributed by atoms with E-state index in [9.17, 15) is 4.79 Å². The van der Waals surface area contributed by atoms with Crippen LogP contribution in [0.5, 0.6) is 0 Å². The first kappa shape index (κ1) is 22.9. The lowest BCUT2D eigenvalue weighted by molar-refractivity contribution is -0.908. The topological polar surface area (TPSA) is 52.3 Å². The van der Waals surface area contributed by atoms with Crippen molar-refractivity contribution in [1.29, 1.82) is 0 Å². The molecule has 0 aromatic carbocycles. The minimum atomic E-state index is -0.0539. The van der Waals surface area contributed by atoms with Gasteiger partial charge in [0, 0.05) is 0 Å². The van der Waals surface area contributed by atoms with Gasteiger partial charge in [0.2, 0.25) is 0 Å². The molecular formula is C20H27ClN2O3S2. The molecule has 3 rings (SSSR count). The number of esters is 1. The largest absolute Gasteiger partial charge is 1.00 e. The Labute approximate surface area is 180 Å². The Kier molecular flexibility index (Phi) is 9.44. The van der Waals surface area contributed by atoms with Gasteiger partial charge >= 0.3 is 5.97 Å². The highest BCUT2D eigenvalue weighted by atomic mass is 35.5. The number of likely N-dealkylation sites (tertiary alicyclic amines) is 1. The first-order valence-corrected chi connectivity index (χ1v) is 11.2. The Morgan fingerprint density at radius 2 is 2.18 bits per heavy atom. The summed E-state index contributed by atoms with van der Waals surface area (Å²) in [6.07, 6.45) is 1.98. The lowest BCUT2D eigenvalue weighted by atomic mass is 9.98. The molecule has 3 heterocycles. The fraction of sp³-hybridized carbons (Fsp3) is 0.500. The number of oxime groups is 1. The molecule has 0 bridgehead atoms. The molecule has 0 saturated carbocycles. The Morgan fingerprint density at radius 3 is 2.86 bits per heavy atom. The number of piperidine rings is 1. The highest BCUT2D eigenvalue weighted by molar-refractivity contribution is 7.16. The van der Waals surface area contributed by atoms with E-state index in [2.05, 4.69) is 35.0 Å². The zero-order valence-corrected chi connectivity index (χ0v) is 18.7. The molecule has 2 aromatic rings. The standard InChI is InChI=1S/C20H26N2O3S2.ClH/c1-3-24-20(23)16-6-4-9-22(14-16)10-11-25-21-18(17-7-5-12-26-17)19-15(2)8-13-27-19;/h5,7-8,12-13,16H,3-4,6,9-11,14H2,1-2H3;1H/b21-18-;/t16-;/m1./s1. The highest BCUT2D eigenvalue weighted by Crippen LogP contribution is 2.23. The number of carbonyl (C=O) groups excluding carboxylic acids is 1. The van der Waals surface area contributed by atoms with Crippen LogP contribution in [0.2, 0.25) is 0 Å². The number of quaternary nitrogens is 1. The van der Waals surface area contributed by atoms with Crippen LogP contribution in [0.4, 0.5) is 0 Å². The van der Waals surface area contributed by atoms with Gasteiger partial charge in [-0.3, -0.25) is 4.79 Å². The van der Waals surface area contributed by atoms with Gasteiger partial charge in [0.1, 0.15) is 18.2 Å². The molecular weight excluding hydrogens is 416 g/mol. The third-order valence-electron chi connectivity index (χ3n) is 4.77. The van der Waals surface area contributed by atoms with E-state index in [-0.39, 0.29) is 24.3 Å². The van der Waals surface area contributed by atoms with Crippen LogP contribution in [0, 0.1) is 12.8 Å². The van der Waals surface area contributed by atoms with Crippen LogP contribution in [-0.4, -0.2) is 44.5 Å². The zero-order valence-electron chi connectivity index (χ0n) is 16.3.